The Kier molecular flexibility index (Phi) is 5.76. The lowest BCUT2D eigenvalue weighted by molar-refractivity contribution is 0.0945. The second-order valence-electron chi connectivity index (χ2n) is 10.5. The molecule has 0 radical (unpaired) electrons. The van der Waals surface area contributed by atoms with E-state index in [9.17, 15) is 0 Å². The molecule has 3 aromatic heterocycles. The predicted molar refractivity (Wildman–Crippen MR) is 146 cm³/mol. The van der Waals surface area contributed by atoms with Gasteiger partial charge in [-0.25, -0.2) is 9.97 Å². The van der Waals surface area contributed by atoms with Crippen LogP contribution >= 0.6 is 0 Å². The van der Waals surface area contributed by atoms with Gasteiger partial charge in [0, 0.05) is 41.7 Å². The molecule has 5 heterocycles. The summed E-state index contributed by atoms with van der Waals surface area (Å²) in [5.74, 6) is 1.79. The molecule has 4 aromatic rings. The maximum atomic E-state index is 5.92. The summed E-state index contributed by atoms with van der Waals surface area (Å²) in [7, 11) is 2.25. The fourth-order valence-corrected chi connectivity index (χ4v) is 5.75. The molecule has 6 rings (SSSR count). The average Bonchev–Trinajstić information content (AvgIpc) is 3.22. The molecule has 2 saturated heterocycles. The number of piperidine rings is 2. The van der Waals surface area contributed by atoms with Crippen LogP contribution < -0.4 is 16.0 Å². The molecule has 1 aromatic carbocycles. The van der Waals surface area contributed by atoms with Crippen molar-refractivity contribution in [2.45, 2.75) is 32.6 Å². The number of nitrogens with one attached hydrogen (secondary N) is 1. The van der Waals surface area contributed by atoms with E-state index < -0.39 is 0 Å². The highest BCUT2D eigenvalue weighted by atomic mass is 15.2. The van der Waals surface area contributed by atoms with Crippen LogP contribution in [-0.4, -0.2) is 57.6 Å². The molecule has 2 fully saturated rings. The number of aromatic nitrogens is 4. The Bertz CT molecular complexity index is 1360. The zero-order chi connectivity index (χ0) is 24.7. The fraction of sp³-hybridized carbons (Fsp3) is 0.393. The minimum Gasteiger partial charge on any atom is -0.384 e. The van der Waals surface area contributed by atoms with Gasteiger partial charge in [-0.1, -0.05) is 6.07 Å². The minimum absolute atomic E-state index is 0.483. The number of nitrogens with two attached hydrogens (primary N) is 1. The zero-order valence-corrected chi connectivity index (χ0v) is 21.1. The van der Waals surface area contributed by atoms with Gasteiger partial charge in [0.1, 0.15) is 11.6 Å². The number of anilines is 4. The molecule has 2 aliphatic heterocycles. The van der Waals surface area contributed by atoms with Crippen LogP contribution in [0.1, 0.15) is 31.4 Å². The van der Waals surface area contributed by atoms with E-state index in [-0.39, 0.29) is 0 Å². The van der Waals surface area contributed by atoms with E-state index in [1.807, 2.05) is 29.8 Å². The van der Waals surface area contributed by atoms with E-state index in [0.717, 1.165) is 41.3 Å². The van der Waals surface area contributed by atoms with Crippen LogP contribution in [0.15, 0.2) is 54.7 Å². The van der Waals surface area contributed by atoms with Crippen molar-refractivity contribution in [3.05, 3.63) is 60.4 Å². The lowest BCUT2D eigenvalue weighted by atomic mass is 9.71. The summed E-state index contributed by atoms with van der Waals surface area (Å²) in [4.78, 5) is 18.8. The molecule has 1 spiro atoms. The van der Waals surface area contributed by atoms with Gasteiger partial charge in [-0.3, -0.25) is 4.57 Å². The van der Waals surface area contributed by atoms with Crippen molar-refractivity contribution in [1.29, 1.82) is 0 Å². The first-order valence-corrected chi connectivity index (χ1v) is 12.9. The summed E-state index contributed by atoms with van der Waals surface area (Å²) in [6.07, 6.45) is 7.15. The molecule has 0 atom stereocenters. The van der Waals surface area contributed by atoms with E-state index in [2.05, 4.69) is 62.5 Å². The van der Waals surface area contributed by atoms with Gasteiger partial charge in [-0.15, -0.1) is 0 Å². The fourth-order valence-electron chi connectivity index (χ4n) is 5.75. The van der Waals surface area contributed by atoms with Crippen LogP contribution in [0.25, 0.3) is 16.9 Å². The van der Waals surface area contributed by atoms with Crippen LogP contribution in [0.2, 0.25) is 0 Å². The number of pyridine rings is 1. The Morgan fingerprint density at radius 3 is 2.36 bits per heavy atom. The number of rotatable bonds is 4. The Hall–Kier alpha value is -3.65. The summed E-state index contributed by atoms with van der Waals surface area (Å²) in [6.45, 7) is 6.81. The van der Waals surface area contributed by atoms with E-state index in [1.54, 1.807) is 6.07 Å². The van der Waals surface area contributed by atoms with E-state index >= 15 is 0 Å². The van der Waals surface area contributed by atoms with Crippen LogP contribution in [0.5, 0.6) is 0 Å². The number of hydrogen-bond acceptors (Lipinski definition) is 7. The summed E-state index contributed by atoms with van der Waals surface area (Å²) < 4.78 is 2.01. The molecular formula is C28H34N8. The lowest BCUT2D eigenvalue weighted by Gasteiger charge is -2.46. The van der Waals surface area contributed by atoms with Crippen molar-refractivity contribution in [3.63, 3.8) is 0 Å². The first kappa shape index (κ1) is 22.8. The Balaban J connectivity index is 1.16. The van der Waals surface area contributed by atoms with Crippen molar-refractivity contribution >= 4 is 34.2 Å². The standard InChI is InChI=1S/C28H34N8/c1-20-18-21-19-30-27(33-26(21)36(20)25-5-3-4-24(29)32-25)31-22-6-8-23(9-7-22)35-16-12-28(13-17-35)10-14-34(2)15-11-28/h3-9,18-19H,10-17H2,1-2H3,(H2,29,32)(H,30,31,33). The monoisotopic (exact) mass is 482 g/mol. The molecule has 36 heavy (non-hydrogen) atoms. The second-order valence-corrected chi connectivity index (χ2v) is 10.5. The molecule has 3 N–H and O–H groups in total. The summed E-state index contributed by atoms with van der Waals surface area (Å²) >= 11 is 0. The molecule has 0 bridgehead atoms. The largest absolute Gasteiger partial charge is 0.384 e. The average molecular weight is 483 g/mol. The zero-order valence-electron chi connectivity index (χ0n) is 21.1. The quantitative estimate of drug-likeness (QED) is 0.433. The molecule has 0 saturated carbocycles. The Morgan fingerprint density at radius 2 is 1.64 bits per heavy atom. The number of hydrogen-bond donors (Lipinski definition) is 2. The minimum atomic E-state index is 0.483. The molecule has 0 amide bonds. The maximum absolute atomic E-state index is 5.92. The lowest BCUT2D eigenvalue weighted by Crippen LogP contribution is -2.46. The van der Waals surface area contributed by atoms with Crippen molar-refractivity contribution in [1.82, 2.24) is 24.4 Å². The van der Waals surface area contributed by atoms with Crippen LogP contribution in [-0.2, 0) is 0 Å². The van der Waals surface area contributed by atoms with Crippen molar-refractivity contribution in [3.8, 4) is 5.82 Å². The highest BCUT2D eigenvalue weighted by Crippen LogP contribution is 2.42. The van der Waals surface area contributed by atoms with E-state index in [4.69, 9.17) is 10.7 Å². The van der Waals surface area contributed by atoms with E-state index in [0.29, 0.717) is 17.2 Å². The predicted octanol–water partition coefficient (Wildman–Crippen LogP) is 4.76. The normalized spacial score (nSPS) is 18.1. The number of nitrogens with zero attached hydrogens (tertiary/aromatic N) is 6. The summed E-state index contributed by atoms with van der Waals surface area (Å²) in [5, 5.41) is 4.34. The maximum Gasteiger partial charge on any atom is 0.229 e. The molecule has 2 aliphatic rings. The first-order valence-electron chi connectivity index (χ1n) is 12.9. The van der Waals surface area contributed by atoms with Crippen molar-refractivity contribution in [2.75, 3.05) is 49.2 Å². The number of aryl methyl sites for hydroxylation is 1. The van der Waals surface area contributed by atoms with E-state index in [1.165, 1.54) is 44.5 Å². The number of benzene rings is 1. The van der Waals surface area contributed by atoms with Crippen molar-refractivity contribution in [2.24, 2.45) is 5.41 Å². The van der Waals surface area contributed by atoms with Gasteiger partial charge in [0.15, 0.2) is 5.65 Å². The highest BCUT2D eigenvalue weighted by Gasteiger charge is 2.36. The van der Waals surface area contributed by atoms with Gasteiger partial charge < -0.3 is 20.9 Å². The summed E-state index contributed by atoms with van der Waals surface area (Å²) in [6, 6.07) is 16.3. The van der Waals surface area contributed by atoms with Gasteiger partial charge in [-0.05, 0) is 101 Å². The third-order valence-corrected chi connectivity index (χ3v) is 8.07. The van der Waals surface area contributed by atoms with Gasteiger partial charge in [-0.2, -0.15) is 4.98 Å². The molecule has 8 nitrogen and oxygen atoms in total. The van der Waals surface area contributed by atoms with Crippen LogP contribution in [0.4, 0.5) is 23.1 Å². The SMILES string of the molecule is Cc1cc2cnc(Nc3ccc(N4CCC5(CCN(C)CC5)CC4)cc3)nc2n1-c1cccc(N)n1. The van der Waals surface area contributed by atoms with Gasteiger partial charge in [0.25, 0.3) is 0 Å². The third kappa shape index (κ3) is 4.37. The molecule has 0 unspecified atom stereocenters. The Morgan fingerprint density at radius 1 is 0.917 bits per heavy atom. The molecule has 0 aliphatic carbocycles. The molecule has 8 heteroatoms. The summed E-state index contributed by atoms with van der Waals surface area (Å²) in [5.41, 5.74) is 10.6. The van der Waals surface area contributed by atoms with Gasteiger partial charge in [0.2, 0.25) is 5.95 Å². The number of likely N-dealkylation sites (tertiary alicyclic amines) is 1. The third-order valence-electron chi connectivity index (χ3n) is 8.07. The molecule has 186 valence electrons. The highest BCUT2D eigenvalue weighted by molar-refractivity contribution is 5.80. The number of fused-ring (bicyclic) bond motifs is 1. The first-order chi connectivity index (χ1) is 17.5. The van der Waals surface area contributed by atoms with Gasteiger partial charge >= 0.3 is 0 Å². The Labute approximate surface area is 212 Å². The van der Waals surface area contributed by atoms with Gasteiger partial charge in [0.05, 0.1) is 0 Å². The number of nitrogen functional groups attached to an aromatic ring is 1. The van der Waals surface area contributed by atoms with Crippen molar-refractivity contribution < 1.29 is 0 Å². The second kappa shape index (κ2) is 9.09. The van der Waals surface area contributed by atoms with Crippen LogP contribution in [0.3, 0.4) is 0 Å². The topological polar surface area (TPSA) is 88.1 Å². The molecular weight excluding hydrogens is 448 g/mol. The smallest absolute Gasteiger partial charge is 0.229 e. The van der Waals surface area contributed by atoms with Crippen LogP contribution in [0, 0.1) is 12.3 Å².